The Bertz CT molecular complexity index is 564. The molecule has 1 aromatic carbocycles. The molecule has 0 bridgehead atoms. The summed E-state index contributed by atoms with van der Waals surface area (Å²) in [5, 5.41) is 2.83. The molecular formula is C15H17N3O. The lowest BCUT2D eigenvalue weighted by Crippen LogP contribution is -2.24. The SMILES string of the molecule is CCc1ccc(CNC(=O)c2cccnc2N)cc1. The number of nitrogens with two attached hydrogens (primary N) is 1. The van der Waals surface area contributed by atoms with Crippen LogP contribution in [0.3, 0.4) is 0 Å². The number of amides is 1. The summed E-state index contributed by atoms with van der Waals surface area (Å²) < 4.78 is 0. The van der Waals surface area contributed by atoms with Crippen molar-refractivity contribution >= 4 is 11.7 Å². The van der Waals surface area contributed by atoms with Gasteiger partial charge in [0.15, 0.2) is 0 Å². The molecule has 2 aromatic rings. The molecule has 1 aromatic heterocycles. The third kappa shape index (κ3) is 3.31. The van der Waals surface area contributed by atoms with Crippen LogP contribution in [0.25, 0.3) is 0 Å². The third-order valence-electron chi connectivity index (χ3n) is 2.97. The van der Waals surface area contributed by atoms with Gasteiger partial charge in [0.2, 0.25) is 0 Å². The first-order valence-corrected chi connectivity index (χ1v) is 6.27. The number of hydrogen-bond donors (Lipinski definition) is 2. The van der Waals surface area contributed by atoms with Crippen molar-refractivity contribution in [2.45, 2.75) is 19.9 Å². The molecule has 0 atom stereocenters. The monoisotopic (exact) mass is 255 g/mol. The van der Waals surface area contributed by atoms with E-state index in [0.717, 1.165) is 12.0 Å². The van der Waals surface area contributed by atoms with Gasteiger partial charge in [0.05, 0.1) is 5.56 Å². The second-order valence-electron chi connectivity index (χ2n) is 4.29. The zero-order valence-electron chi connectivity index (χ0n) is 10.9. The third-order valence-corrected chi connectivity index (χ3v) is 2.97. The van der Waals surface area contributed by atoms with Gasteiger partial charge in [-0.05, 0) is 29.7 Å². The van der Waals surface area contributed by atoms with Gasteiger partial charge in [-0.25, -0.2) is 4.98 Å². The largest absolute Gasteiger partial charge is 0.383 e. The number of benzene rings is 1. The van der Waals surface area contributed by atoms with Gasteiger partial charge in [-0.3, -0.25) is 4.79 Å². The highest BCUT2D eigenvalue weighted by Gasteiger charge is 2.09. The summed E-state index contributed by atoms with van der Waals surface area (Å²) in [6.07, 6.45) is 2.58. The van der Waals surface area contributed by atoms with Crippen molar-refractivity contribution in [2.24, 2.45) is 0 Å². The molecule has 0 radical (unpaired) electrons. The average Bonchev–Trinajstić information content (AvgIpc) is 2.46. The number of anilines is 1. The topological polar surface area (TPSA) is 68.0 Å². The summed E-state index contributed by atoms with van der Waals surface area (Å²) >= 11 is 0. The number of hydrogen-bond acceptors (Lipinski definition) is 3. The molecule has 0 aliphatic heterocycles. The maximum atomic E-state index is 11.9. The van der Waals surface area contributed by atoms with Gasteiger partial charge >= 0.3 is 0 Å². The molecule has 3 N–H and O–H groups in total. The Morgan fingerprint density at radius 2 is 1.89 bits per heavy atom. The van der Waals surface area contributed by atoms with Crippen LogP contribution in [0, 0.1) is 0 Å². The van der Waals surface area contributed by atoms with Gasteiger partial charge in [-0.2, -0.15) is 0 Å². The number of nitrogens with one attached hydrogen (secondary N) is 1. The molecule has 0 aliphatic carbocycles. The van der Waals surface area contributed by atoms with E-state index in [4.69, 9.17) is 5.73 Å². The van der Waals surface area contributed by atoms with Crippen LogP contribution < -0.4 is 11.1 Å². The van der Waals surface area contributed by atoms with E-state index < -0.39 is 0 Å². The maximum absolute atomic E-state index is 11.9. The number of aryl methyl sites for hydroxylation is 1. The van der Waals surface area contributed by atoms with Crippen LogP contribution in [0.2, 0.25) is 0 Å². The van der Waals surface area contributed by atoms with Crippen LogP contribution >= 0.6 is 0 Å². The van der Waals surface area contributed by atoms with Crippen LogP contribution in [0.1, 0.15) is 28.4 Å². The van der Waals surface area contributed by atoms with Crippen molar-refractivity contribution in [1.29, 1.82) is 0 Å². The van der Waals surface area contributed by atoms with Crippen molar-refractivity contribution in [1.82, 2.24) is 10.3 Å². The van der Waals surface area contributed by atoms with Crippen molar-refractivity contribution < 1.29 is 4.79 Å². The Morgan fingerprint density at radius 1 is 1.21 bits per heavy atom. The van der Waals surface area contributed by atoms with Crippen LogP contribution in [-0.2, 0) is 13.0 Å². The summed E-state index contributed by atoms with van der Waals surface area (Å²) in [6.45, 7) is 2.60. The highest BCUT2D eigenvalue weighted by atomic mass is 16.1. The van der Waals surface area contributed by atoms with E-state index in [0.29, 0.717) is 12.1 Å². The number of nitrogen functional groups attached to an aromatic ring is 1. The Morgan fingerprint density at radius 3 is 2.53 bits per heavy atom. The molecule has 1 heterocycles. The first-order valence-electron chi connectivity index (χ1n) is 6.27. The van der Waals surface area contributed by atoms with Gasteiger partial charge in [-0.15, -0.1) is 0 Å². The molecule has 0 fully saturated rings. The van der Waals surface area contributed by atoms with Gasteiger partial charge < -0.3 is 11.1 Å². The number of rotatable bonds is 4. The molecule has 19 heavy (non-hydrogen) atoms. The predicted molar refractivity (Wildman–Crippen MR) is 75.6 cm³/mol. The van der Waals surface area contributed by atoms with Crippen LogP contribution in [0.5, 0.6) is 0 Å². The van der Waals surface area contributed by atoms with Crippen molar-refractivity contribution in [3.8, 4) is 0 Å². The minimum absolute atomic E-state index is 0.204. The standard InChI is InChI=1S/C15H17N3O/c1-2-11-5-7-12(8-6-11)10-18-15(19)13-4-3-9-17-14(13)16/h3-9H,2,10H2,1H3,(H2,16,17)(H,18,19). The highest BCUT2D eigenvalue weighted by Crippen LogP contribution is 2.08. The molecule has 4 nitrogen and oxygen atoms in total. The number of carbonyl (C=O) groups excluding carboxylic acids is 1. The van der Waals surface area contributed by atoms with Crippen LogP contribution in [0.4, 0.5) is 5.82 Å². The molecule has 98 valence electrons. The van der Waals surface area contributed by atoms with E-state index in [1.165, 1.54) is 5.56 Å². The summed E-state index contributed by atoms with van der Waals surface area (Å²) in [6, 6.07) is 11.5. The molecule has 2 rings (SSSR count). The summed E-state index contributed by atoms with van der Waals surface area (Å²) in [5.41, 5.74) is 8.41. The van der Waals surface area contributed by atoms with E-state index in [1.54, 1.807) is 18.3 Å². The van der Waals surface area contributed by atoms with E-state index >= 15 is 0 Å². The maximum Gasteiger partial charge on any atom is 0.255 e. The lowest BCUT2D eigenvalue weighted by molar-refractivity contribution is 0.0951. The van der Waals surface area contributed by atoms with Crippen LogP contribution in [0.15, 0.2) is 42.6 Å². The fraction of sp³-hybridized carbons (Fsp3) is 0.200. The fourth-order valence-electron chi connectivity index (χ4n) is 1.78. The summed E-state index contributed by atoms with van der Waals surface area (Å²) in [4.78, 5) is 15.8. The number of nitrogens with zero attached hydrogens (tertiary/aromatic N) is 1. The normalized spacial score (nSPS) is 10.2. The number of pyridine rings is 1. The molecule has 1 amide bonds. The zero-order valence-corrected chi connectivity index (χ0v) is 10.9. The van der Waals surface area contributed by atoms with Crippen molar-refractivity contribution in [3.05, 3.63) is 59.3 Å². The van der Waals surface area contributed by atoms with E-state index in [9.17, 15) is 4.79 Å². The van der Waals surface area contributed by atoms with E-state index in [1.807, 2.05) is 12.1 Å². The Kier molecular flexibility index (Phi) is 4.13. The zero-order chi connectivity index (χ0) is 13.7. The molecule has 0 unspecified atom stereocenters. The Balaban J connectivity index is 1.98. The fourth-order valence-corrected chi connectivity index (χ4v) is 1.78. The smallest absolute Gasteiger partial charge is 0.255 e. The average molecular weight is 255 g/mol. The molecule has 4 heteroatoms. The van der Waals surface area contributed by atoms with Crippen molar-refractivity contribution in [3.63, 3.8) is 0 Å². The Labute approximate surface area is 112 Å². The molecule has 0 aliphatic rings. The molecule has 0 saturated carbocycles. The van der Waals surface area contributed by atoms with Gasteiger partial charge in [0.25, 0.3) is 5.91 Å². The molecule has 0 spiro atoms. The number of carbonyl (C=O) groups is 1. The predicted octanol–water partition coefficient (Wildman–Crippen LogP) is 2.16. The van der Waals surface area contributed by atoms with Gasteiger partial charge in [0, 0.05) is 12.7 Å². The number of aromatic nitrogens is 1. The lowest BCUT2D eigenvalue weighted by atomic mass is 10.1. The van der Waals surface area contributed by atoms with E-state index in [-0.39, 0.29) is 11.7 Å². The van der Waals surface area contributed by atoms with Crippen LogP contribution in [-0.4, -0.2) is 10.9 Å². The first-order chi connectivity index (χ1) is 9.20. The quantitative estimate of drug-likeness (QED) is 0.879. The molecule has 0 saturated heterocycles. The van der Waals surface area contributed by atoms with Crippen molar-refractivity contribution in [2.75, 3.05) is 5.73 Å². The first kappa shape index (κ1) is 13.1. The second kappa shape index (κ2) is 6.00. The minimum atomic E-state index is -0.204. The van der Waals surface area contributed by atoms with E-state index in [2.05, 4.69) is 29.4 Å². The minimum Gasteiger partial charge on any atom is -0.383 e. The second-order valence-corrected chi connectivity index (χ2v) is 4.29. The highest BCUT2D eigenvalue weighted by molar-refractivity contribution is 5.98. The molecular weight excluding hydrogens is 238 g/mol. The summed E-state index contributed by atoms with van der Waals surface area (Å²) in [7, 11) is 0. The summed E-state index contributed by atoms with van der Waals surface area (Å²) in [5.74, 6) is 0.0477. The van der Waals surface area contributed by atoms with Gasteiger partial charge in [0.1, 0.15) is 5.82 Å². The van der Waals surface area contributed by atoms with Gasteiger partial charge in [-0.1, -0.05) is 31.2 Å². The lowest BCUT2D eigenvalue weighted by Gasteiger charge is -2.07. The Hall–Kier alpha value is -2.36.